The van der Waals surface area contributed by atoms with Crippen LogP contribution in [0.4, 0.5) is 23.9 Å². The van der Waals surface area contributed by atoms with Gasteiger partial charge in [-0.2, -0.15) is 13.2 Å². The molecule has 0 saturated heterocycles. The number of carbonyl (C=O) groups excluding carboxylic acids is 1. The van der Waals surface area contributed by atoms with Gasteiger partial charge in [0.15, 0.2) is 0 Å². The fourth-order valence-electron chi connectivity index (χ4n) is 2.48. The van der Waals surface area contributed by atoms with E-state index in [1.165, 1.54) is 12.1 Å². The van der Waals surface area contributed by atoms with Crippen molar-refractivity contribution in [2.75, 3.05) is 11.9 Å². The summed E-state index contributed by atoms with van der Waals surface area (Å²) in [5.41, 5.74) is 0.776. The van der Waals surface area contributed by atoms with Crippen LogP contribution < -0.4 is 5.32 Å². The van der Waals surface area contributed by atoms with E-state index in [0.717, 1.165) is 6.07 Å². The molecule has 0 spiro atoms. The zero-order chi connectivity index (χ0) is 18.0. The summed E-state index contributed by atoms with van der Waals surface area (Å²) in [6, 6.07) is 10.1. The fourth-order valence-corrected chi connectivity index (χ4v) is 2.48. The number of ether oxygens (including phenoxy) is 1. The summed E-state index contributed by atoms with van der Waals surface area (Å²) in [6.45, 7) is 1.88. The Hall–Kier alpha value is -3.03. The van der Waals surface area contributed by atoms with Crippen molar-refractivity contribution in [1.82, 2.24) is 9.97 Å². The molecule has 0 bridgehead atoms. The topological polar surface area (TPSA) is 67.0 Å². The van der Waals surface area contributed by atoms with Gasteiger partial charge in [-0.25, -0.2) is 9.78 Å². The van der Waals surface area contributed by atoms with Gasteiger partial charge in [-0.05, 0) is 36.2 Å². The molecule has 2 aromatic carbocycles. The van der Waals surface area contributed by atoms with E-state index in [9.17, 15) is 18.0 Å². The number of imidazole rings is 1. The number of anilines is 1. The summed E-state index contributed by atoms with van der Waals surface area (Å²) in [4.78, 5) is 18.4. The van der Waals surface area contributed by atoms with Crippen LogP contribution in [0.1, 0.15) is 12.5 Å². The fraction of sp³-hybridized carbons (Fsp3) is 0.176. The van der Waals surface area contributed by atoms with E-state index in [1.807, 2.05) is 0 Å². The lowest BCUT2D eigenvalue weighted by atomic mass is 9.99. The van der Waals surface area contributed by atoms with E-state index in [-0.39, 0.29) is 18.1 Å². The van der Waals surface area contributed by atoms with Crippen LogP contribution in [0.3, 0.4) is 0 Å². The second kappa shape index (κ2) is 6.46. The molecule has 0 aliphatic heterocycles. The number of nitrogens with zero attached hydrogens (tertiary/aromatic N) is 1. The normalized spacial score (nSPS) is 11.5. The molecule has 3 aromatic rings. The molecule has 130 valence electrons. The zero-order valence-electron chi connectivity index (χ0n) is 13.1. The minimum atomic E-state index is -4.45. The molecular weight excluding hydrogens is 335 g/mol. The number of carbonyl (C=O) groups is 1. The summed E-state index contributed by atoms with van der Waals surface area (Å²) in [7, 11) is 0. The number of benzene rings is 2. The van der Waals surface area contributed by atoms with Crippen molar-refractivity contribution in [2.45, 2.75) is 13.1 Å². The number of amides is 1. The third-order valence-electron chi connectivity index (χ3n) is 3.52. The number of halogens is 3. The molecule has 1 amide bonds. The average molecular weight is 349 g/mol. The van der Waals surface area contributed by atoms with Gasteiger partial charge in [0, 0.05) is 0 Å². The Labute approximate surface area is 140 Å². The van der Waals surface area contributed by atoms with Crippen molar-refractivity contribution in [3.8, 4) is 11.1 Å². The molecule has 0 atom stereocenters. The number of aromatic amines is 1. The summed E-state index contributed by atoms with van der Waals surface area (Å²) in [5.74, 6) is 0.162. The van der Waals surface area contributed by atoms with Crippen LogP contribution in [-0.2, 0) is 10.9 Å². The first kappa shape index (κ1) is 16.8. The lowest BCUT2D eigenvalue weighted by molar-refractivity contribution is -0.137. The van der Waals surface area contributed by atoms with E-state index in [4.69, 9.17) is 4.74 Å². The summed E-state index contributed by atoms with van der Waals surface area (Å²) >= 11 is 0. The number of hydrogen-bond donors (Lipinski definition) is 2. The van der Waals surface area contributed by atoms with E-state index < -0.39 is 17.8 Å². The SMILES string of the molecule is CCOC(=O)Nc1nc2ccc(-c3ccccc3C(F)(F)F)cc2[nH]1. The first-order valence-electron chi connectivity index (χ1n) is 7.48. The molecule has 5 nitrogen and oxygen atoms in total. The van der Waals surface area contributed by atoms with Gasteiger partial charge in [0.25, 0.3) is 0 Å². The molecule has 0 aliphatic rings. The monoisotopic (exact) mass is 349 g/mol. The summed E-state index contributed by atoms with van der Waals surface area (Å²) in [6.07, 6.45) is -5.11. The minimum absolute atomic E-state index is 0.0754. The molecule has 0 aliphatic carbocycles. The maximum atomic E-state index is 13.2. The van der Waals surface area contributed by atoms with Crippen molar-refractivity contribution < 1.29 is 22.7 Å². The molecule has 0 saturated carbocycles. The molecular formula is C17H14F3N3O2. The van der Waals surface area contributed by atoms with E-state index in [0.29, 0.717) is 16.6 Å². The smallest absolute Gasteiger partial charge is 0.417 e. The van der Waals surface area contributed by atoms with Crippen molar-refractivity contribution in [3.05, 3.63) is 48.0 Å². The molecule has 2 N–H and O–H groups in total. The van der Waals surface area contributed by atoms with Gasteiger partial charge < -0.3 is 9.72 Å². The van der Waals surface area contributed by atoms with Crippen LogP contribution in [-0.4, -0.2) is 22.7 Å². The number of alkyl halides is 3. The van der Waals surface area contributed by atoms with E-state index in [2.05, 4.69) is 15.3 Å². The Kier molecular flexibility index (Phi) is 4.35. The lowest BCUT2D eigenvalue weighted by Gasteiger charge is -2.12. The highest BCUT2D eigenvalue weighted by molar-refractivity contribution is 5.88. The van der Waals surface area contributed by atoms with Gasteiger partial charge in [-0.3, -0.25) is 5.32 Å². The average Bonchev–Trinajstić information content (AvgIpc) is 2.95. The quantitative estimate of drug-likeness (QED) is 0.712. The van der Waals surface area contributed by atoms with Gasteiger partial charge in [0.2, 0.25) is 5.95 Å². The van der Waals surface area contributed by atoms with Gasteiger partial charge in [0.05, 0.1) is 23.2 Å². The molecule has 0 radical (unpaired) electrons. The van der Waals surface area contributed by atoms with Gasteiger partial charge in [-0.15, -0.1) is 0 Å². The number of rotatable bonds is 3. The first-order valence-corrected chi connectivity index (χ1v) is 7.48. The van der Waals surface area contributed by atoms with Gasteiger partial charge in [-0.1, -0.05) is 24.3 Å². The van der Waals surface area contributed by atoms with Crippen LogP contribution in [0.5, 0.6) is 0 Å². The second-order valence-electron chi connectivity index (χ2n) is 5.21. The Bertz CT molecular complexity index is 919. The molecule has 1 heterocycles. The maximum Gasteiger partial charge on any atom is 0.417 e. The Balaban J connectivity index is 1.99. The van der Waals surface area contributed by atoms with Gasteiger partial charge >= 0.3 is 12.3 Å². The molecule has 0 unspecified atom stereocenters. The number of H-pyrrole nitrogens is 1. The van der Waals surface area contributed by atoms with Crippen LogP contribution in [0, 0.1) is 0 Å². The Morgan fingerprint density at radius 3 is 2.72 bits per heavy atom. The van der Waals surface area contributed by atoms with Crippen LogP contribution in [0.15, 0.2) is 42.5 Å². The number of hydrogen-bond acceptors (Lipinski definition) is 3. The van der Waals surface area contributed by atoms with Crippen LogP contribution in [0.2, 0.25) is 0 Å². The Morgan fingerprint density at radius 1 is 1.24 bits per heavy atom. The van der Waals surface area contributed by atoms with Crippen molar-refractivity contribution in [3.63, 3.8) is 0 Å². The Morgan fingerprint density at radius 2 is 2.00 bits per heavy atom. The largest absolute Gasteiger partial charge is 0.450 e. The molecule has 3 rings (SSSR count). The predicted octanol–water partition coefficient (Wildman–Crippen LogP) is 4.82. The predicted molar refractivity (Wildman–Crippen MR) is 87.2 cm³/mol. The third kappa shape index (κ3) is 3.57. The van der Waals surface area contributed by atoms with Crippen LogP contribution in [0.25, 0.3) is 22.2 Å². The highest BCUT2D eigenvalue weighted by Gasteiger charge is 2.33. The lowest BCUT2D eigenvalue weighted by Crippen LogP contribution is -2.14. The van der Waals surface area contributed by atoms with Gasteiger partial charge in [0.1, 0.15) is 0 Å². The standard InChI is InChI=1S/C17H14F3N3O2/c1-2-25-16(24)23-15-21-13-8-7-10(9-14(13)22-15)11-5-3-4-6-12(11)17(18,19)20/h3-9H,2H2,1H3,(H2,21,22,23,24). The van der Waals surface area contributed by atoms with Crippen molar-refractivity contribution in [1.29, 1.82) is 0 Å². The number of aromatic nitrogens is 2. The zero-order valence-corrected chi connectivity index (χ0v) is 13.1. The van der Waals surface area contributed by atoms with Crippen molar-refractivity contribution in [2.24, 2.45) is 0 Å². The van der Waals surface area contributed by atoms with Crippen LogP contribution >= 0.6 is 0 Å². The first-order chi connectivity index (χ1) is 11.9. The van der Waals surface area contributed by atoms with E-state index >= 15 is 0 Å². The molecule has 1 aromatic heterocycles. The number of fused-ring (bicyclic) bond motifs is 1. The molecule has 0 fully saturated rings. The molecule has 25 heavy (non-hydrogen) atoms. The second-order valence-corrected chi connectivity index (χ2v) is 5.21. The van der Waals surface area contributed by atoms with E-state index in [1.54, 1.807) is 31.2 Å². The third-order valence-corrected chi connectivity index (χ3v) is 3.52. The maximum absolute atomic E-state index is 13.2. The van der Waals surface area contributed by atoms with Crippen molar-refractivity contribution >= 4 is 23.1 Å². The summed E-state index contributed by atoms with van der Waals surface area (Å²) in [5, 5.41) is 2.42. The minimum Gasteiger partial charge on any atom is -0.450 e. The number of nitrogens with one attached hydrogen (secondary N) is 2. The summed E-state index contributed by atoms with van der Waals surface area (Å²) < 4.78 is 44.3. The highest BCUT2D eigenvalue weighted by atomic mass is 19.4. The highest BCUT2D eigenvalue weighted by Crippen LogP contribution is 2.37. The molecule has 8 heteroatoms.